The first-order chi connectivity index (χ1) is 13.5. The molecular formula is C21H28FN3O3. The third-order valence-corrected chi connectivity index (χ3v) is 6.56. The minimum absolute atomic E-state index is 0.0314. The Morgan fingerprint density at radius 3 is 2.64 bits per heavy atom. The number of nitrogens with one attached hydrogen (secondary N) is 1. The Labute approximate surface area is 164 Å². The molecule has 1 aromatic rings. The number of hydrogen-bond donors (Lipinski definition) is 2. The Balaban J connectivity index is 1.38. The monoisotopic (exact) mass is 389 g/mol. The van der Waals surface area contributed by atoms with E-state index in [4.69, 9.17) is 0 Å². The van der Waals surface area contributed by atoms with Gasteiger partial charge in [-0.05, 0) is 50.3 Å². The third-order valence-electron chi connectivity index (χ3n) is 6.56. The van der Waals surface area contributed by atoms with E-state index in [1.165, 1.54) is 11.0 Å². The van der Waals surface area contributed by atoms with Crippen molar-refractivity contribution in [1.29, 1.82) is 0 Å². The van der Waals surface area contributed by atoms with Crippen molar-refractivity contribution < 1.29 is 19.1 Å². The standard InChI is InChI=1S/C21H28FN3O3/c22-17-13-16(6-7-18(17)24-10-3-4-11-24)23-19(26)20(27)25-12-9-21(28)8-2-1-5-15(21)14-25/h6-7,13,15,28H,1-5,8-12,14H2,(H,23,26). The number of hydrogen-bond acceptors (Lipinski definition) is 4. The number of aliphatic hydroxyl groups is 1. The fourth-order valence-electron chi connectivity index (χ4n) is 4.88. The van der Waals surface area contributed by atoms with Crippen molar-refractivity contribution in [1.82, 2.24) is 4.90 Å². The predicted octanol–water partition coefficient (Wildman–Crippen LogP) is 2.52. The van der Waals surface area contributed by atoms with Crippen LogP contribution in [0.5, 0.6) is 0 Å². The fraction of sp³-hybridized carbons (Fsp3) is 0.619. The lowest BCUT2D eigenvalue weighted by Gasteiger charge is -2.47. The van der Waals surface area contributed by atoms with E-state index < -0.39 is 23.2 Å². The second-order valence-electron chi connectivity index (χ2n) is 8.36. The first-order valence-corrected chi connectivity index (χ1v) is 10.3. The lowest BCUT2D eigenvalue weighted by Crippen LogP contribution is -2.56. The topological polar surface area (TPSA) is 72.9 Å². The summed E-state index contributed by atoms with van der Waals surface area (Å²) in [6, 6.07) is 4.57. The highest BCUT2D eigenvalue weighted by molar-refractivity contribution is 6.39. The summed E-state index contributed by atoms with van der Waals surface area (Å²) in [5, 5.41) is 13.3. The first-order valence-electron chi connectivity index (χ1n) is 10.3. The number of fused-ring (bicyclic) bond motifs is 1. The van der Waals surface area contributed by atoms with Gasteiger partial charge in [-0.2, -0.15) is 0 Å². The van der Waals surface area contributed by atoms with E-state index in [-0.39, 0.29) is 11.6 Å². The number of carbonyl (C=O) groups excluding carboxylic acids is 2. The van der Waals surface area contributed by atoms with Crippen LogP contribution in [0.4, 0.5) is 15.8 Å². The van der Waals surface area contributed by atoms with E-state index >= 15 is 0 Å². The quantitative estimate of drug-likeness (QED) is 0.763. The molecular weight excluding hydrogens is 361 g/mol. The van der Waals surface area contributed by atoms with Crippen LogP contribution in [0, 0.1) is 11.7 Å². The third kappa shape index (κ3) is 3.72. The number of rotatable bonds is 2. The zero-order valence-electron chi connectivity index (χ0n) is 16.1. The number of anilines is 2. The summed E-state index contributed by atoms with van der Waals surface area (Å²) in [6.45, 7) is 2.46. The van der Waals surface area contributed by atoms with Crippen molar-refractivity contribution in [3.8, 4) is 0 Å². The summed E-state index contributed by atoms with van der Waals surface area (Å²) in [7, 11) is 0. The molecule has 2 N–H and O–H groups in total. The molecule has 1 aromatic carbocycles. The second-order valence-corrected chi connectivity index (χ2v) is 8.36. The fourth-order valence-corrected chi connectivity index (χ4v) is 4.88. The van der Waals surface area contributed by atoms with E-state index in [1.807, 2.05) is 4.90 Å². The summed E-state index contributed by atoms with van der Waals surface area (Å²) in [4.78, 5) is 28.5. The van der Waals surface area contributed by atoms with Gasteiger partial charge in [0.25, 0.3) is 0 Å². The number of nitrogens with zero attached hydrogens (tertiary/aromatic N) is 2. The van der Waals surface area contributed by atoms with Gasteiger partial charge in [0.05, 0.1) is 11.3 Å². The van der Waals surface area contributed by atoms with Gasteiger partial charge < -0.3 is 20.2 Å². The van der Waals surface area contributed by atoms with Gasteiger partial charge in [0.15, 0.2) is 0 Å². The summed E-state index contributed by atoms with van der Waals surface area (Å²) in [6.07, 6.45) is 6.33. The van der Waals surface area contributed by atoms with Gasteiger partial charge in [0.1, 0.15) is 5.82 Å². The van der Waals surface area contributed by atoms with Gasteiger partial charge in [-0.1, -0.05) is 12.8 Å². The SMILES string of the molecule is O=C(Nc1ccc(N2CCCC2)c(F)c1)C(=O)N1CCC2(O)CCCCC2C1. The Kier molecular flexibility index (Phi) is 5.27. The van der Waals surface area contributed by atoms with Gasteiger partial charge >= 0.3 is 11.8 Å². The molecule has 3 fully saturated rings. The maximum atomic E-state index is 14.4. The molecule has 1 aliphatic carbocycles. The number of halogens is 1. The lowest BCUT2D eigenvalue weighted by atomic mass is 9.71. The highest BCUT2D eigenvalue weighted by atomic mass is 19.1. The molecule has 2 heterocycles. The zero-order chi connectivity index (χ0) is 19.7. The molecule has 0 aromatic heterocycles. The van der Waals surface area contributed by atoms with Crippen LogP contribution in [-0.4, -0.2) is 53.6 Å². The number of likely N-dealkylation sites (tertiary alicyclic amines) is 1. The molecule has 4 rings (SSSR count). The molecule has 2 saturated heterocycles. The maximum absolute atomic E-state index is 14.4. The molecule has 152 valence electrons. The molecule has 2 unspecified atom stereocenters. The van der Waals surface area contributed by atoms with Crippen molar-refractivity contribution in [2.75, 3.05) is 36.4 Å². The van der Waals surface area contributed by atoms with Crippen LogP contribution in [-0.2, 0) is 9.59 Å². The Hall–Kier alpha value is -2.15. The Morgan fingerprint density at radius 1 is 1.11 bits per heavy atom. The average molecular weight is 389 g/mol. The number of carbonyl (C=O) groups is 2. The zero-order valence-corrected chi connectivity index (χ0v) is 16.1. The van der Waals surface area contributed by atoms with Crippen LogP contribution in [0.3, 0.4) is 0 Å². The molecule has 3 aliphatic rings. The van der Waals surface area contributed by atoms with Gasteiger partial charge in [0.2, 0.25) is 0 Å². The van der Waals surface area contributed by atoms with Crippen LogP contribution in [0.25, 0.3) is 0 Å². The number of amides is 2. The van der Waals surface area contributed by atoms with Crippen molar-refractivity contribution >= 4 is 23.2 Å². The highest BCUT2D eigenvalue weighted by Crippen LogP contribution is 2.39. The molecule has 0 spiro atoms. The van der Waals surface area contributed by atoms with Crippen molar-refractivity contribution in [2.24, 2.45) is 5.92 Å². The Bertz CT molecular complexity index is 765. The van der Waals surface area contributed by atoms with Crippen LogP contribution < -0.4 is 10.2 Å². The van der Waals surface area contributed by atoms with E-state index in [0.717, 1.165) is 51.6 Å². The molecule has 0 bridgehead atoms. The molecule has 2 aliphatic heterocycles. The van der Waals surface area contributed by atoms with E-state index in [0.29, 0.717) is 25.2 Å². The maximum Gasteiger partial charge on any atom is 0.313 e. The second kappa shape index (κ2) is 7.70. The van der Waals surface area contributed by atoms with Crippen molar-refractivity contribution in [3.63, 3.8) is 0 Å². The molecule has 6 nitrogen and oxygen atoms in total. The molecule has 0 radical (unpaired) electrons. The molecule has 7 heteroatoms. The van der Waals surface area contributed by atoms with Crippen LogP contribution in [0.15, 0.2) is 18.2 Å². The largest absolute Gasteiger partial charge is 0.389 e. The van der Waals surface area contributed by atoms with Crippen molar-refractivity contribution in [3.05, 3.63) is 24.0 Å². The summed E-state index contributed by atoms with van der Waals surface area (Å²) in [5.41, 5.74) is 0.124. The van der Waals surface area contributed by atoms with Gasteiger partial charge in [-0.25, -0.2) is 4.39 Å². The van der Waals surface area contributed by atoms with E-state index in [2.05, 4.69) is 5.32 Å². The molecule has 1 saturated carbocycles. The van der Waals surface area contributed by atoms with Crippen LogP contribution >= 0.6 is 0 Å². The summed E-state index contributed by atoms with van der Waals surface area (Å²) >= 11 is 0. The summed E-state index contributed by atoms with van der Waals surface area (Å²) in [5.74, 6) is -1.73. The number of benzene rings is 1. The molecule has 2 amide bonds. The van der Waals surface area contributed by atoms with Gasteiger partial charge in [-0.15, -0.1) is 0 Å². The van der Waals surface area contributed by atoms with E-state index in [1.54, 1.807) is 12.1 Å². The first kappa shape index (κ1) is 19.2. The lowest BCUT2D eigenvalue weighted by molar-refractivity contribution is -0.151. The minimum atomic E-state index is -0.755. The van der Waals surface area contributed by atoms with Gasteiger partial charge in [-0.3, -0.25) is 9.59 Å². The summed E-state index contributed by atoms with van der Waals surface area (Å²) < 4.78 is 14.4. The van der Waals surface area contributed by atoms with E-state index in [9.17, 15) is 19.1 Å². The van der Waals surface area contributed by atoms with Gasteiger partial charge in [0, 0.05) is 37.8 Å². The normalized spacial score (nSPS) is 27.4. The number of piperidine rings is 1. The van der Waals surface area contributed by atoms with Crippen LogP contribution in [0.2, 0.25) is 0 Å². The van der Waals surface area contributed by atoms with Crippen LogP contribution in [0.1, 0.15) is 44.9 Å². The Morgan fingerprint density at radius 2 is 1.89 bits per heavy atom. The smallest absolute Gasteiger partial charge is 0.313 e. The molecule has 28 heavy (non-hydrogen) atoms. The predicted molar refractivity (Wildman–Crippen MR) is 105 cm³/mol. The highest BCUT2D eigenvalue weighted by Gasteiger charge is 2.44. The average Bonchev–Trinajstić information content (AvgIpc) is 3.21. The van der Waals surface area contributed by atoms with Crippen molar-refractivity contribution in [2.45, 2.75) is 50.5 Å². The molecule has 2 atom stereocenters. The minimum Gasteiger partial charge on any atom is -0.389 e.